The fourth-order valence-electron chi connectivity index (χ4n) is 3.13. The number of nitrogens with zero attached hydrogens (tertiary/aromatic N) is 2. The van der Waals surface area contributed by atoms with E-state index < -0.39 is 0 Å². The maximum atomic E-state index is 12.3. The van der Waals surface area contributed by atoms with Crippen LogP contribution in [0.2, 0.25) is 0 Å². The second-order valence-corrected chi connectivity index (χ2v) is 6.59. The number of aromatic nitrogens is 1. The summed E-state index contributed by atoms with van der Waals surface area (Å²) in [4.78, 5) is 19.0. The number of benzene rings is 1. The summed E-state index contributed by atoms with van der Waals surface area (Å²) in [5.41, 5.74) is 0.565. The van der Waals surface area contributed by atoms with Gasteiger partial charge in [0, 0.05) is 25.4 Å². The average molecular weight is 369 g/mol. The predicted octanol–water partition coefficient (Wildman–Crippen LogP) is 3.28. The molecule has 1 N–H and O–H groups in total. The number of ether oxygens (including phenoxy) is 2. The highest BCUT2D eigenvalue weighted by Gasteiger charge is 2.12. The Labute approximate surface area is 160 Å². The predicted molar refractivity (Wildman–Crippen MR) is 106 cm³/mol. The van der Waals surface area contributed by atoms with Crippen molar-refractivity contribution in [3.05, 3.63) is 48.2 Å². The maximum absolute atomic E-state index is 12.3. The topological polar surface area (TPSA) is 63.7 Å². The molecule has 0 bridgehead atoms. The van der Waals surface area contributed by atoms with Crippen LogP contribution in [0.1, 0.15) is 36.0 Å². The van der Waals surface area contributed by atoms with Gasteiger partial charge in [-0.05, 0) is 37.1 Å². The molecule has 0 unspecified atom stereocenters. The minimum atomic E-state index is -0.140. The molecule has 1 amide bonds. The number of hydrogen-bond acceptors (Lipinski definition) is 5. The van der Waals surface area contributed by atoms with Crippen LogP contribution in [0.4, 0.5) is 5.82 Å². The molecule has 0 aliphatic carbocycles. The van der Waals surface area contributed by atoms with Gasteiger partial charge in [0.1, 0.15) is 23.9 Å². The van der Waals surface area contributed by atoms with Gasteiger partial charge < -0.3 is 19.7 Å². The smallest absolute Gasteiger partial charge is 0.252 e. The van der Waals surface area contributed by atoms with E-state index in [0.29, 0.717) is 24.5 Å². The first-order valence-electron chi connectivity index (χ1n) is 9.52. The van der Waals surface area contributed by atoms with Crippen molar-refractivity contribution in [3.8, 4) is 11.5 Å². The van der Waals surface area contributed by atoms with E-state index in [1.54, 1.807) is 13.3 Å². The molecule has 1 aliphatic rings. The monoisotopic (exact) mass is 369 g/mol. The lowest BCUT2D eigenvalue weighted by Gasteiger charge is -2.21. The molecule has 1 saturated heterocycles. The van der Waals surface area contributed by atoms with Crippen molar-refractivity contribution in [2.24, 2.45) is 0 Å². The van der Waals surface area contributed by atoms with Gasteiger partial charge in [0.15, 0.2) is 0 Å². The third-order valence-electron chi connectivity index (χ3n) is 4.64. The van der Waals surface area contributed by atoms with Crippen molar-refractivity contribution >= 4 is 11.7 Å². The van der Waals surface area contributed by atoms with E-state index in [1.807, 2.05) is 36.4 Å². The maximum Gasteiger partial charge on any atom is 0.252 e. The van der Waals surface area contributed by atoms with Crippen LogP contribution >= 0.6 is 0 Å². The summed E-state index contributed by atoms with van der Waals surface area (Å²) < 4.78 is 10.8. The SMILES string of the molecule is COc1cccc(OCCNC(=O)c2ccc(N3CCCCCC3)nc2)c1. The molecule has 1 aliphatic heterocycles. The number of rotatable bonds is 7. The summed E-state index contributed by atoms with van der Waals surface area (Å²) in [5.74, 6) is 2.27. The normalized spacial score (nSPS) is 14.3. The summed E-state index contributed by atoms with van der Waals surface area (Å²) in [5, 5.41) is 2.86. The Kier molecular flexibility index (Phi) is 6.90. The molecule has 1 aromatic heterocycles. The molecule has 1 aromatic carbocycles. The van der Waals surface area contributed by atoms with Crippen LogP contribution < -0.4 is 19.7 Å². The zero-order valence-electron chi connectivity index (χ0n) is 15.8. The second-order valence-electron chi connectivity index (χ2n) is 6.59. The van der Waals surface area contributed by atoms with Gasteiger partial charge in [-0.2, -0.15) is 0 Å². The van der Waals surface area contributed by atoms with Crippen molar-refractivity contribution in [3.63, 3.8) is 0 Å². The molecule has 6 nitrogen and oxygen atoms in total. The quantitative estimate of drug-likeness (QED) is 0.759. The van der Waals surface area contributed by atoms with E-state index in [4.69, 9.17) is 9.47 Å². The highest BCUT2D eigenvalue weighted by molar-refractivity contribution is 5.94. The Balaban J connectivity index is 1.45. The summed E-state index contributed by atoms with van der Waals surface area (Å²) in [6, 6.07) is 11.2. The van der Waals surface area contributed by atoms with Gasteiger partial charge in [-0.1, -0.05) is 18.9 Å². The molecule has 3 rings (SSSR count). The molecule has 0 atom stereocenters. The van der Waals surface area contributed by atoms with E-state index in [-0.39, 0.29) is 5.91 Å². The fourth-order valence-corrected chi connectivity index (χ4v) is 3.13. The number of carbonyl (C=O) groups is 1. The molecule has 144 valence electrons. The number of nitrogens with one attached hydrogen (secondary N) is 1. The molecule has 1 fully saturated rings. The fraction of sp³-hybridized carbons (Fsp3) is 0.429. The Morgan fingerprint density at radius 1 is 1.11 bits per heavy atom. The summed E-state index contributed by atoms with van der Waals surface area (Å²) in [6.07, 6.45) is 6.64. The van der Waals surface area contributed by atoms with Crippen LogP contribution in [0.5, 0.6) is 11.5 Å². The molecule has 6 heteroatoms. The highest BCUT2D eigenvalue weighted by Crippen LogP contribution is 2.19. The molecular formula is C21H27N3O3. The first-order valence-corrected chi connectivity index (χ1v) is 9.52. The molecule has 2 aromatic rings. The van der Waals surface area contributed by atoms with Crippen LogP contribution in [0, 0.1) is 0 Å². The first kappa shape index (κ1) is 19.0. The largest absolute Gasteiger partial charge is 0.497 e. The third kappa shape index (κ3) is 5.61. The van der Waals surface area contributed by atoms with Gasteiger partial charge in [-0.25, -0.2) is 4.98 Å². The number of carbonyl (C=O) groups excluding carboxylic acids is 1. The lowest BCUT2D eigenvalue weighted by molar-refractivity contribution is 0.0946. The van der Waals surface area contributed by atoms with Crippen LogP contribution in [-0.2, 0) is 0 Å². The van der Waals surface area contributed by atoms with Gasteiger partial charge in [-0.15, -0.1) is 0 Å². The summed E-state index contributed by atoms with van der Waals surface area (Å²) in [7, 11) is 1.62. The Morgan fingerprint density at radius 3 is 2.59 bits per heavy atom. The zero-order valence-corrected chi connectivity index (χ0v) is 15.8. The average Bonchev–Trinajstić information content (AvgIpc) is 3.01. The van der Waals surface area contributed by atoms with Crippen LogP contribution in [0.25, 0.3) is 0 Å². The Morgan fingerprint density at radius 2 is 1.89 bits per heavy atom. The minimum absolute atomic E-state index is 0.140. The molecule has 0 radical (unpaired) electrons. The first-order chi connectivity index (χ1) is 13.3. The Bertz CT molecular complexity index is 726. The Hall–Kier alpha value is -2.76. The lowest BCUT2D eigenvalue weighted by Crippen LogP contribution is -2.28. The van der Waals surface area contributed by atoms with E-state index in [9.17, 15) is 4.79 Å². The number of pyridine rings is 1. The number of anilines is 1. The van der Waals surface area contributed by atoms with Crippen molar-refractivity contribution < 1.29 is 14.3 Å². The van der Waals surface area contributed by atoms with E-state index in [1.165, 1.54) is 25.7 Å². The zero-order chi connectivity index (χ0) is 18.9. The van der Waals surface area contributed by atoms with Crippen molar-refractivity contribution in [2.75, 3.05) is 38.3 Å². The van der Waals surface area contributed by atoms with Gasteiger partial charge in [-0.3, -0.25) is 4.79 Å². The summed E-state index contributed by atoms with van der Waals surface area (Å²) in [6.45, 7) is 2.89. The van der Waals surface area contributed by atoms with Gasteiger partial charge in [0.2, 0.25) is 0 Å². The van der Waals surface area contributed by atoms with E-state index >= 15 is 0 Å². The molecule has 27 heavy (non-hydrogen) atoms. The minimum Gasteiger partial charge on any atom is -0.497 e. The van der Waals surface area contributed by atoms with Crippen molar-refractivity contribution in [1.29, 1.82) is 0 Å². The second kappa shape index (κ2) is 9.80. The van der Waals surface area contributed by atoms with E-state index in [0.717, 1.165) is 24.7 Å². The third-order valence-corrected chi connectivity index (χ3v) is 4.64. The van der Waals surface area contributed by atoms with Crippen molar-refractivity contribution in [2.45, 2.75) is 25.7 Å². The summed E-state index contributed by atoms with van der Waals surface area (Å²) >= 11 is 0. The van der Waals surface area contributed by atoms with Gasteiger partial charge >= 0.3 is 0 Å². The molecular weight excluding hydrogens is 342 g/mol. The molecule has 2 heterocycles. The van der Waals surface area contributed by atoms with Crippen LogP contribution in [0.15, 0.2) is 42.6 Å². The highest BCUT2D eigenvalue weighted by atomic mass is 16.5. The molecule has 0 saturated carbocycles. The van der Waals surface area contributed by atoms with Crippen LogP contribution in [-0.4, -0.2) is 44.2 Å². The van der Waals surface area contributed by atoms with Gasteiger partial charge in [0.05, 0.1) is 19.2 Å². The van der Waals surface area contributed by atoms with Crippen molar-refractivity contribution in [1.82, 2.24) is 10.3 Å². The molecule has 0 spiro atoms. The lowest BCUT2D eigenvalue weighted by atomic mass is 10.2. The number of methoxy groups -OCH3 is 1. The number of amides is 1. The van der Waals surface area contributed by atoms with Crippen LogP contribution in [0.3, 0.4) is 0 Å². The van der Waals surface area contributed by atoms with Gasteiger partial charge in [0.25, 0.3) is 5.91 Å². The van der Waals surface area contributed by atoms with E-state index in [2.05, 4.69) is 15.2 Å². The standard InChI is InChI=1S/C21H27N3O3/c1-26-18-7-6-8-19(15-18)27-14-11-22-21(25)17-9-10-20(23-16-17)24-12-4-2-3-5-13-24/h6-10,15-16H,2-5,11-14H2,1H3,(H,22,25). The number of hydrogen-bond donors (Lipinski definition) is 1.